The van der Waals surface area contributed by atoms with Crippen molar-refractivity contribution in [1.82, 2.24) is 4.90 Å². The first-order chi connectivity index (χ1) is 9.95. The third-order valence-electron chi connectivity index (χ3n) is 4.45. The van der Waals surface area contributed by atoms with Crippen LogP contribution in [0.15, 0.2) is 18.2 Å². The molecule has 0 saturated carbocycles. The van der Waals surface area contributed by atoms with Crippen LogP contribution >= 0.6 is 11.6 Å². The van der Waals surface area contributed by atoms with E-state index in [4.69, 9.17) is 16.7 Å². The highest BCUT2D eigenvalue weighted by molar-refractivity contribution is 6.31. The average molecular weight is 310 g/mol. The molecule has 1 fully saturated rings. The minimum atomic E-state index is -0.693. The average Bonchev–Trinajstić information content (AvgIpc) is 2.41. The van der Waals surface area contributed by atoms with Crippen molar-refractivity contribution in [3.8, 4) is 0 Å². The van der Waals surface area contributed by atoms with Gasteiger partial charge in [-0.15, -0.1) is 0 Å². The van der Waals surface area contributed by atoms with Crippen LogP contribution in [-0.4, -0.2) is 29.1 Å². The molecule has 1 aromatic carbocycles. The fourth-order valence-corrected chi connectivity index (χ4v) is 3.46. The van der Waals surface area contributed by atoms with Crippen LogP contribution in [0.4, 0.5) is 0 Å². The van der Waals surface area contributed by atoms with E-state index in [2.05, 4.69) is 24.0 Å². The molecule has 0 radical (unpaired) electrons. The Hall–Kier alpha value is -1.06. The van der Waals surface area contributed by atoms with Crippen LogP contribution in [0, 0.1) is 18.8 Å². The van der Waals surface area contributed by atoms with E-state index in [9.17, 15) is 4.79 Å². The second kappa shape index (κ2) is 7.28. The lowest BCUT2D eigenvalue weighted by atomic mass is 9.84. The highest BCUT2D eigenvalue weighted by Gasteiger charge is 2.26. The number of halogens is 1. The number of piperidine rings is 1. The first kappa shape index (κ1) is 16.3. The van der Waals surface area contributed by atoms with Gasteiger partial charge in [0.2, 0.25) is 0 Å². The quantitative estimate of drug-likeness (QED) is 0.894. The van der Waals surface area contributed by atoms with Gasteiger partial charge in [0.1, 0.15) is 0 Å². The topological polar surface area (TPSA) is 40.5 Å². The first-order valence-electron chi connectivity index (χ1n) is 7.65. The first-order valence-corrected chi connectivity index (χ1v) is 8.02. The summed E-state index contributed by atoms with van der Waals surface area (Å²) in [6.45, 7) is 7.00. The normalized spacial score (nSPS) is 21.2. The molecule has 1 aliphatic rings. The molecule has 2 atom stereocenters. The molecule has 116 valence electrons. The predicted molar refractivity (Wildman–Crippen MR) is 85.6 cm³/mol. The molecule has 0 bridgehead atoms. The van der Waals surface area contributed by atoms with E-state index in [0.29, 0.717) is 5.92 Å². The second-order valence-corrected chi connectivity index (χ2v) is 6.71. The molecule has 2 rings (SSSR count). The molecule has 4 heteroatoms. The van der Waals surface area contributed by atoms with Gasteiger partial charge in [-0.3, -0.25) is 9.69 Å². The van der Waals surface area contributed by atoms with Gasteiger partial charge in [0.05, 0.1) is 0 Å². The molecule has 0 aliphatic carbocycles. The number of aryl methyl sites for hydroxylation is 1. The second-order valence-electron chi connectivity index (χ2n) is 6.31. The summed E-state index contributed by atoms with van der Waals surface area (Å²) in [5, 5.41) is 9.78. The molecule has 0 amide bonds. The van der Waals surface area contributed by atoms with Crippen molar-refractivity contribution in [2.75, 3.05) is 13.1 Å². The summed E-state index contributed by atoms with van der Waals surface area (Å²) in [7, 11) is 0. The number of hydrogen-bond donors (Lipinski definition) is 1. The molecule has 1 N–H and O–H groups in total. The van der Waals surface area contributed by atoms with Crippen LogP contribution in [0.5, 0.6) is 0 Å². The number of aliphatic carboxylic acids is 1. The summed E-state index contributed by atoms with van der Waals surface area (Å²) < 4.78 is 0. The van der Waals surface area contributed by atoms with Crippen molar-refractivity contribution < 1.29 is 9.90 Å². The van der Waals surface area contributed by atoms with Gasteiger partial charge in [-0.25, -0.2) is 0 Å². The lowest BCUT2D eigenvalue weighted by molar-refractivity contribution is -0.138. The van der Waals surface area contributed by atoms with Crippen LogP contribution in [0.3, 0.4) is 0 Å². The Kier molecular flexibility index (Phi) is 5.65. The summed E-state index contributed by atoms with van der Waals surface area (Å²) in [4.78, 5) is 13.3. The van der Waals surface area contributed by atoms with E-state index in [1.54, 1.807) is 0 Å². The van der Waals surface area contributed by atoms with E-state index in [0.717, 1.165) is 43.1 Å². The Labute approximate surface area is 131 Å². The maximum Gasteiger partial charge on any atom is 0.303 e. The lowest BCUT2D eigenvalue weighted by Gasteiger charge is -2.35. The van der Waals surface area contributed by atoms with Gasteiger partial charge < -0.3 is 5.11 Å². The zero-order chi connectivity index (χ0) is 15.4. The molecule has 3 nitrogen and oxygen atoms in total. The molecular weight excluding hydrogens is 286 g/mol. The number of carbonyl (C=O) groups is 1. The van der Waals surface area contributed by atoms with Crippen molar-refractivity contribution in [2.24, 2.45) is 11.8 Å². The lowest BCUT2D eigenvalue weighted by Crippen LogP contribution is -2.37. The van der Waals surface area contributed by atoms with Crippen LogP contribution in [0.1, 0.15) is 37.3 Å². The molecule has 21 heavy (non-hydrogen) atoms. The van der Waals surface area contributed by atoms with Crippen LogP contribution in [0.2, 0.25) is 5.02 Å². The molecule has 1 heterocycles. The number of rotatable bonds is 5. The molecule has 1 aromatic rings. The van der Waals surface area contributed by atoms with E-state index in [1.165, 1.54) is 5.56 Å². The van der Waals surface area contributed by atoms with E-state index >= 15 is 0 Å². The molecule has 2 unspecified atom stereocenters. The number of carboxylic acid groups (broad SMARTS) is 1. The zero-order valence-electron chi connectivity index (χ0n) is 12.8. The van der Waals surface area contributed by atoms with Gasteiger partial charge in [0.25, 0.3) is 0 Å². The van der Waals surface area contributed by atoms with Gasteiger partial charge in [0, 0.05) is 24.5 Å². The van der Waals surface area contributed by atoms with Crippen molar-refractivity contribution >= 4 is 17.6 Å². The summed E-state index contributed by atoms with van der Waals surface area (Å²) in [6.07, 6.45) is 2.54. The number of hydrogen-bond acceptors (Lipinski definition) is 2. The largest absolute Gasteiger partial charge is 0.481 e. The highest BCUT2D eigenvalue weighted by Crippen LogP contribution is 2.28. The van der Waals surface area contributed by atoms with Crippen molar-refractivity contribution in [3.63, 3.8) is 0 Å². The van der Waals surface area contributed by atoms with Crippen molar-refractivity contribution in [2.45, 2.75) is 39.7 Å². The van der Waals surface area contributed by atoms with Crippen LogP contribution in [0.25, 0.3) is 0 Å². The van der Waals surface area contributed by atoms with E-state index < -0.39 is 5.97 Å². The fourth-order valence-electron chi connectivity index (χ4n) is 3.16. The Bertz CT molecular complexity index is 504. The summed E-state index contributed by atoms with van der Waals surface area (Å²) in [5.74, 6) is 0.0130. The summed E-state index contributed by atoms with van der Waals surface area (Å²) in [5.41, 5.74) is 2.34. The predicted octanol–water partition coefficient (Wildman–Crippen LogP) is 3.97. The van der Waals surface area contributed by atoms with Gasteiger partial charge in [-0.05, 0) is 55.3 Å². The molecular formula is C17H24ClNO2. The standard InChI is InChI=1S/C17H24ClNO2/c1-12-5-6-15(16(18)8-12)11-19-7-3-4-14(10-19)13(2)9-17(20)21/h5-6,8,13-14H,3-4,7,9-11H2,1-2H3,(H,20,21). The number of nitrogens with zero attached hydrogens (tertiary/aromatic N) is 1. The molecule has 0 spiro atoms. The van der Waals surface area contributed by atoms with Crippen LogP contribution < -0.4 is 0 Å². The summed E-state index contributed by atoms with van der Waals surface area (Å²) >= 11 is 6.31. The third kappa shape index (κ3) is 4.72. The fraction of sp³-hybridized carbons (Fsp3) is 0.588. The Balaban J connectivity index is 1.96. The van der Waals surface area contributed by atoms with Crippen LogP contribution in [-0.2, 0) is 11.3 Å². The monoisotopic (exact) mass is 309 g/mol. The number of benzene rings is 1. The minimum Gasteiger partial charge on any atom is -0.481 e. The summed E-state index contributed by atoms with van der Waals surface area (Å²) in [6, 6.07) is 6.20. The van der Waals surface area contributed by atoms with E-state index in [1.807, 2.05) is 13.0 Å². The molecule has 1 saturated heterocycles. The maximum absolute atomic E-state index is 10.9. The number of carboxylic acids is 1. The minimum absolute atomic E-state index is 0.235. The molecule has 1 aliphatic heterocycles. The van der Waals surface area contributed by atoms with Crippen molar-refractivity contribution in [3.05, 3.63) is 34.3 Å². The smallest absolute Gasteiger partial charge is 0.303 e. The number of likely N-dealkylation sites (tertiary alicyclic amines) is 1. The van der Waals surface area contributed by atoms with Gasteiger partial charge in [0.15, 0.2) is 0 Å². The highest BCUT2D eigenvalue weighted by atomic mass is 35.5. The van der Waals surface area contributed by atoms with Crippen molar-refractivity contribution in [1.29, 1.82) is 0 Å². The maximum atomic E-state index is 10.9. The van der Waals surface area contributed by atoms with Gasteiger partial charge >= 0.3 is 5.97 Å². The Morgan fingerprint density at radius 3 is 2.95 bits per heavy atom. The van der Waals surface area contributed by atoms with Gasteiger partial charge in [-0.1, -0.05) is 30.7 Å². The van der Waals surface area contributed by atoms with E-state index in [-0.39, 0.29) is 12.3 Å². The Morgan fingerprint density at radius 1 is 1.52 bits per heavy atom. The van der Waals surface area contributed by atoms with Gasteiger partial charge in [-0.2, -0.15) is 0 Å². The Morgan fingerprint density at radius 2 is 2.29 bits per heavy atom. The molecule has 0 aromatic heterocycles. The zero-order valence-corrected chi connectivity index (χ0v) is 13.6. The third-order valence-corrected chi connectivity index (χ3v) is 4.80. The SMILES string of the molecule is Cc1ccc(CN2CCCC(C(C)CC(=O)O)C2)c(Cl)c1.